The Bertz CT molecular complexity index is 943. The summed E-state index contributed by atoms with van der Waals surface area (Å²) in [6, 6.07) is 0. The van der Waals surface area contributed by atoms with Gasteiger partial charge < -0.3 is 49.0 Å². The zero-order valence-electron chi connectivity index (χ0n) is 15.4. The number of hydrogen-bond acceptors (Lipinski definition) is 12. The molecular weight excluding hydrogens is 454 g/mol. The Morgan fingerprint density at radius 3 is 2.48 bits per heavy atom. The fraction of sp³-hybridized carbons (Fsp3) is 0.545. The van der Waals surface area contributed by atoms with Gasteiger partial charge in [-0.1, -0.05) is 0 Å². The van der Waals surface area contributed by atoms with Crippen LogP contribution in [0.2, 0.25) is 0 Å². The number of aliphatic hydroxyl groups is 2. The molecule has 1 saturated heterocycles. The van der Waals surface area contributed by atoms with Crippen LogP contribution in [0.4, 0.5) is 5.82 Å². The summed E-state index contributed by atoms with van der Waals surface area (Å²) in [5, 5.41) is 20.3. The topological polar surface area (TPSA) is 229 Å². The summed E-state index contributed by atoms with van der Waals surface area (Å²) in [6.45, 7) is -0.779. The molecule has 0 amide bonds. The molecule has 1 aliphatic rings. The largest absolute Gasteiger partial charge is 1.00 e. The van der Waals surface area contributed by atoms with Crippen LogP contribution in [0.1, 0.15) is 6.23 Å². The van der Waals surface area contributed by atoms with Crippen LogP contribution in [-0.4, -0.2) is 65.4 Å². The van der Waals surface area contributed by atoms with E-state index < -0.39 is 52.2 Å². The quantitative estimate of drug-likeness (QED) is 0.228. The smallest absolute Gasteiger partial charge is 0.778 e. The average molecular weight is 469 g/mol. The van der Waals surface area contributed by atoms with Crippen LogP contribution in [0.5, 0.6) is 0 Å². The minimum atomic E-state index is -5.10. The zero-order valence-corrected chi connectivity index (χ0v) is 21.2. The van der Waals surface area contributed by atoms with E-state index in [0.717, 1.165) is 6.33 Å². The third-order valence-electron chi connectivity index (χ3n) is 3.79. The number of imidazole rings is 1. The zero-order chi connectivity index (χ0) is 20.0. The summed E-state index contributed by atoms with van der Waals surface area (Å²) in [6.07, 6.45) is -3.15. The molecule has 0 aliphatic carbocycles. The number of nitrogens with two attached hydrogens (primary N) is 1. The van der Waals surface area contributed by atoms with Crippen LogP contribution >= 0.6 is 15.2 Å². The van der Waals surface area contributed by atoms with Gasteiger partial charge in [-0.3, -0.25) is 4.57 Å². The monoisotopic (exact) mass is 469 g/mol. The number of hydrogen-bond donors (Lipinski definition) is 4. The second kappa shape index (κ2) is 10.4. The number of aromatic nitrogens is 4. The van der Waals surface area contributed by atoms with Crippen molar-refractivity contribution < 1.29 is 102 Å². The Morgan fingerprint density at radius 1 is 1.21 bits per heavy atom. The van der Waals surface area contributed by atoms with Gasteiger partial charge in [0, 0.05) is 0 Å². The van der Waals surface area contributed by atoms with E-state index >= 15 is 0 Å². The molecule has 2 aromatic rings. The van der Waals surface area contributed by atoms with Gasteiger partial charge in [0.2, 0.25) is 0 Å². The molecule has 3 unspecified atom stereocenters. The fourth-order valence-corrected chi connectivity index (χ4v) is 5.05. The maximum atomic E-state index is 11.5. The van der Waals surface area contributed by atoms with Gasteiger partial charge in [0.1, 0.15) is 45.3 Å². The van der Waals surface area contributed by atoms with E-state index in [1.54, 1.807) is 0 Å². The second-order valence-corrected chi connectivity index (χ2v) is 9.70. The van der Waals surface area contributed by atoms with E-state index in [2.05, 4.69) is 19.5 Å². The Labute approximate surface area is 208 Å². The van der Waals surface area contributed by atoms with Gasteiger partial charge in [0.15, 0.2) is 17.7 Å². The van der Waals surface area contributed by atoms with Crippen molar-refractivity contribution >= 4 is 32.2 Å². The van der Waals surface area contributed by atoms with E-state index in [1.807, 2.05) is 0 Å². The van der Waals surface area contributed by atoms with Crippen LogP contribution in [0, 0.1) is 0 Å². The van der Waals surface area contributed by atoms with Crippen LogP contribution in [0.15, 0.2) is 12.7 Å². The fourth-order valence-electron chi connectivity index (χ4n) is 2.60. The van der Waals surface area contributed by atoms with Crippen LogP contribution in [-0.2, 0) is 18.4 Å². The molecule has 6 atom stereocenters. The van der Waals surface area contributed by atoms with Gasteiger partial charge in [-0.05, 0) is 0 Å². The van der Waals surface area contributed by atoms with Gasteiger partial charge in [0.05, 0.1) is 18.8 Å². The Hall–Kier alpha value is 0.530. The van der Waals surface area contributed by atoms with E-state index in [-0.39, 0.29) is 76.1 Å². The van der Waals surface area contributed by atoms with Gasteiger partial charge in [0.25, 0.3) is 0 Å². The molecule has 3 rings (SSSR count). The van der Waals surface area contributed by atoms with Gasteiger partial charge in [-0.2, -0.15) is 0 Å². The molecule has 0 radical (unpaired) electrons. The van der Waals surface area contributed by atoms with Crippen LogP contribution in [0.25, 0.3) is 11.2 Å². The maximum Gasteiger partial charge on any atom is 1.00 e. The molecular formula is C11H15N5Na2O9P2. The number of nitrogen functional groups attached to an aromatic ring is 1. The minimum absolute atomic E-state index is 0. The van der Waals surface area contributed by atoms with Crippen molar-refractivity contribution in [1.82, 2.24) is 19.5 Å². The van der Waals surface area contributed by atoms with Crippen molar-refractivity contribution in [3.8, 4) is 0 Å². The van der Waals surface area contributed by atoms with Crippen LogP contribution in [0.3, 0.4) is 0 Å². The van der Waals surface area contributed by atoms with Crippen molar-refractivity contribution in [2.24, 2.45) is 0 Å². The molecule has 5 N–H and O–H groups in total. The van der Waals surface area contributed by atoms with Crippen molar-refractivity contribution in [1.29, 1.82) is 0 Å². The summed E-state index contributed by atoms with van der Waals surface area (Å²) < 4.78 is 33.4. The predicted molar refractivity (Wildman–Crippen MR) is 83.9 cm³/mol. The first-order chi connectivity index (χ1) is 12.5. The Morgan fingerprint density at radius 2 is 1.86 bits per heavy atom. The standard InChI is InChI=1S/C11H17N5O9P2.2Na/c12-9-6-10(14-2-13-9)16(3-15-6)11-8(18)7(17)5(25-11)1-24-27(22,23)4-26(19,20)21;;/h2-3,5,7-8,11,17-18H,1,4H2,(H,22,23)(H2,12,13,14)(H2,19,20,21);;/q;2*+1/p-2/t5-,7+,8?,11-;;/m1../s1. The summed E-state index contributed by atoms with van der Waals surface area (Å²) in [5.41, 5.74) is 6.12. The molecule has 3 heterocycles. The number of rotatable bonds is 6. The molecule has 0 aromatic carbocycles. The molecule has 0 spiro atoms. The van der Waals surface area contributed by atoms with E-state index in [1.165, 1.54) is 10.9 Å². The van der Waals surface area contributed by atoms with E-state index in [9.17, 15) is 29.1 Å². The second-order valence-electron chi connectivity index (χ2n) is 5.81. The normalized spacial score (nSPS) is 28.2. The molecule has 14 nitrogen and oxygen atoms in total. The van der Waals surface area contributed by atoms with Crippen LogP contribution < -0.4 is 74.6 Å². The summed E-state index contributed by atoms with van der Waals surface area (Å²) in [7, 11) is -10.0. The number of anilines is 1. The molecule has 1 fully saturated rings. The molecule has 1 aliphatic heterocycles. The summed E-state index contributed by atoms with van der Waals surface area (Å²) in [4.78, 5) is 42.6. The molecule has 150 valence electrons. The van der Waals surface area contributed by atoms with E-state index in [0.29, 0.717) is 0 Å². The molecule has 2 aromatic heterocycles. The first kappa shape index (κ1) is 27.6. The number of aliphatic hydroxyl groups excluding tert-OH is 2. The summed E-state index contributed by atoms with van der Waals surface area (Å²) >= 11 is 0. The Kier molecular flexibility index (Phi) is 9.91. The number of fused-ring (bicyclic) bond motifs is 1. The van der Waals surface area contributed by atoms with Crippen molar-refractivity contribution in [2.75, 3.05) is 18.2 Å². The third-order valence-corrected chi connectivity index (χ3v) is 7.14. The maximum absolute atomic E-state index is 11.5. The summed E-state index contributed by atoms with van der Waals surface area (Å²) in [5.74, 6) is -1.51. The predicted octanol–water partition coefficient (Wildman–Crippen LogP) is -8.89. The SMILES string of the molecule is Nc1ncnc2c1ncn2[C@@H]1O[C@H](COP(=O)([O-])CP(=O)([O-])O)[C@H](O)C1O.[Na+].[Na+]. The molecule has 18 heteroatoms. The third kappa shape index (κ3) is 6.51. The van der Waals surface area contributed by atoms with Gasteiger partial charge >= 0.3 is 59.1 Å². The first-order valence-electron chi connectivity index (χ1n) is 7.40. The Balaban J connectivity index is 0.00000210. The van der Waals surface area contributed by atoms with E-state index in [4.69, 9.17) is 15.4 Å². The van der Waals surface area contributed by atoms with Gasteiger partial charge in [-0.25, -0.2) is 15.0 Å². The molecule has 0 saturated carbocycles. The first-order valence-corrected chi connectivity index (χ1v) is 10.9. The average Bonchev–Trinajstić information content (AvgIpc) is 3.07. The van der Waals surface area contributed by atoms with Crippen molar-refractivity contribution in [3.05, 3.63) is 12.7 Å². The number of ether oxygens (including phenoxy) is 1. The molecule has 29 heavy (non-hydrogen) atoms. The van der Waals surface area contributed by atoms with Crippen molar-refractivity contribution in [2.45, 2.75) is 24.5 Å². The van der Waals surface area contributed by atoms with Crippen molar-refractivity contribution in [3.63, 3.8) is 0 Å². The number of nitrogens with zero attached hydrogens (tertiary/aromatic N) is 4. The minimum Gasteiger partial charge on any atom is -0.778 e. The molecule has 0 bridgehead atoms. The van der Waals surface area contributed by atoms with Gasteiger partial charge in [-0.15, -0.1) is 0 Å².